The molecular formula is C21H23N3O2. The number of carbonyl (C=O) groups excluding carboxylic acids is 1. The Morgan fingerprint density at radius 1 is 1.15 bits per heavy atom. The molecule has 5 nitrogen and oxygen atoms in total. The lowest BCUT2D eigenvalue weighted by Crippen LogP contribution is -2.26. The highest BCUT2D eigenvalue weighted by Crippen LogP contribution is 2.22. The van der Waals surface area contributed by atoms with Gasteiger partial charge in [-0.05, 0) is 51.1 Å². The van der Waals surface area contributed by atoms with Gasteiger partial charge in [-0.2, -0.15) is 5.10 Å². The average Bonchev–Trinajstić information content (AvgIpc) is 3.04. The minimum Gasteiger partial charge on any atom is -0.457 e. The van der Waals surface area contributed by atoms with E-state index in [-0.39, 0.29) is 11.9 Å². The molecule has 1 aromatic heterocycles. The zero-order valence-electron chi connectivity index (χ0n) is 15.3. The second kappa shape index (κ2) is 7.87. The molecule has 0 bridgehead atoms. The lowest BCUT2D eigenvalue weighted by molar-refractivity contribution is 0.0939. The molecule has 0 saturated carbocycles. The predicted molar refractivity (Wildman–Crippen MR) is 101 cm³/mol. The molecule has 0 unspecified atom stereocenters. The Bertz CT molecular complexity index is 887. The standard InChI is InChI=1S/C21H23N3O2/c1-4-24-14-20(16(3)23-24)15(2)22-21(25)17-9-8-12-19(13-17)26-18-10-6-5-7-11-18/h5-15H,4H2,1-3H3,(H,22,25)/t15-/m1/s1. The SMILES string of the molecule is CCn1cc([C@@H](C)NC(=O)c2cccc(Oc3ccccc3)c2)c(C)n1. The van der Waals surface area contributed by atoms with Gasteiger partial charge in [0.1, 0.15) is 11.5 Å². The molecule has 3 aromatic rings. The third-order valence-corrected chi connectivity index (χ3v) is 4.20. The van der Waals surface area contributed by atoms with Crippen LogP contribution in [-0.4, -0.2) is 15.7 Å². The van der Waals surface area contributed by atoms with Crippen molar-refractivity contribution in [1.82, 2.24) is 15.1 Å². The van der Waals surface area contributed by atoms with Crippen LogP contribution in [0, 0.1) is 6.92 Å². The van der Waals surface area contributed by atoms with Crippen LogP contribution in [0.2, 0.25) is 0 Å². The number of hydrogen-bond donors (Lipinski definition) is 1. The summed E-state index contributed by atoms with van der Waals surface area (Å²) in [4.78, 5) is 12.6. The van der Waals surface area contributed by atoms with Crippen LogP contribution in [0.4, 0.5) is 0 Å². The average molecular weight is 349 g/mol. The summed E-state index contributed by atoms with van der Waals surface area (Å²) in [5.41, 5.74) is 2.52. The molecule has 2 aromatic carbocycles. The van der Waals surface area contributed by atoms with Gasteiger partial charge in [0.15, 0.2) is 0 Å². The fraction of sp³-hybridized carbons (Fsp3) is 0.238. The Hall–Kier alpha value is -3.08. The van der Waals surface area contributed by atoms with Gasteiger partial charge in [0.25, 0.3) is 5.91 Å². The van der Waals surface area contributed by atoms with Gasteiger partial charge < -0.3 is 10.1 Å². The summed E-state index contributed by atoms with van der Waals surface area (Å²) >= 11 is 0. The van der Waals surface area contributed by atoms with Crippen molar-refractivity contribution in [3.05, 3.63) is 77.6 Å². The van der Waals surface area contributed by atoms with Gasteiger partial charge in [0, 0.05) is 23.9 Å². The number of carbonyl (C=O) groups is 1. The zero-order chi connectivity index (χ0) is 18.5. The van der Waals surface area contributed by atoms with E-state index >= 15 is 0 Å². The van der Waals surface area contributed by atoms with Crippen LogP contribution in [0.3, 0.4) is 0 Å². The van der Waals surface area contributed by atoms with Gasteiger partial charge in [-0.15, -0.1) is 0 Å². The van der Waals surface area contributed by atoms with Crippen LogP contribution in [0.25, 0.3) is 0 Å². The molecule has 5 heteroatoms. The molecule has 0 radical (unpaired) electrons. The van der Waals surface area contributed by atoms with Crippen LogP contribution >= 0.6 is 0 Å². The van der Waals surface area contributed by atoms with Gasteiger partial charge in [-0.1, -0.05) is 24.3 Å². The summed E-state index contributed by atoms with van der Waals surface area (Å²) in [5, 5.41) is 7.47. The maximum atomic E-state index is 12.6. The van der Waals surface area contributed by atoms with E-state index < -0.39 is 0 Å². The van der Waals surface area contributed by atoms with Crippen LogP contribution in [0.15, 0.2) is 60.8 Å². The molecule has 1 heterocycles. The van der Waals surface area contributed by atoms with Crippen LogP contribution in [0.5, 0.6) is 11.5 Å². The third-order valence-electron chi connectivity index (χ3n) is 4.20. The quantitative estimate of drug-likeness (QED) is 0.713. The van der Waals surface area contributed by atoms with E-state index in [9.17, 15) is 4.79 Å². The Morgan fingerprint density at radius 2 is 1.88 bits per heavy atom. The van der Waals surface area contributed by atoms with Crippen molar-refractivity contribution in [2.75, 3.05) is 0 Å². The number of aromatic nitrogens is 2. The van der Waals surface area contributed by atoms with Crippen LogP contribution < -0.4 is 10.1 Å². The number of rotatable bonds is 6. The maximum absolute atomic E-state index is 12.6. The van der Waals surface area contributed by atoms with Gasteiger partial charge in [0.05, 0.1) is 11.7 Å². The zero-order valence-corrected chi connectivity index (χ0v) is 15.3. The number of amides is 1. The molecule has 3 rings (SSSR count). The van der Waals surface area contributed by atoms with Crippen molar-refractivity contribution in [2.24, 2.45) is 0 Å². The van der Waals surface area contributed by atoms with Crippen molar-refractivity contribution in [1.29, 1.82) is 0 Å². The van der Waals surface area contributed by atoms with Crippen molar-refractivity contribution < 1.29 is 9.53 Å². The first-order valence-corrected chi connectivity index (χ1v) is 8.74. The van der Waals surface area contributed by atoms with Gasteiger partial charge in [0.2, 0.25) is 0 Å². The van der Waals surface area contributed by atoms with Gasteiger partial charge >= 0.3 is 0 Å². The first-order valence-electron chi connectivity index (χ1n) is 8.74. The molecule has 0 aliphatic rings. The number of nitrogens with one attached hydrogen (secondary N) is 1. The molecule has 0 fully saturated rings. The number of ether oxygens (including phenoxy) is 1. The van der Waals surface area contributed by atoms with E-state index in [2.05, 4.69) is 10.4 Å². The van der Waals surface area contributed by atoms with E-state index in [0.717, 1.165) is 23.6 Å². The topological polar surface area (TPSA) is 56.2 Å². The number of hydrogen-bond acceptors (Lipinski definition) is 3. The van der Waals surface area contributed by atoms with Gasteiger partial charge in [-0.25, -0.2) is 0 Å². The molecule has 0 spiro atoms. The Labute approximate surface area is 153 Å². The van der Waals surface area contributed by atoms with Crippen LogP contribution in [-0.2, 0) is 6.54 Å². The van der Waals surface area contributed by atoms with Gasteiger partial charge in [-0.3, -0.25) is 9.48 Å². The predicted octanol–water partition coefficient (Wildman–Crippen LogP) is 4.49. The van der Waals surface area contributed by atoms with Crippen molar-refractivity contribution in [2.45, 2.75) is 33.4 Å². The Morgan fingerprint density at radius 3 is 2.58 bits per heavy atom. The third kappa shape index (κ3) is 4.11. The normalized spacial score (nSPS) is 11.8. The molecule has 1 N–H and O–H groups in total. The fourth-order valence-corrected chi connectivity index (χ4v) is 2.80. The highest BCUT2D eigenvalue weighted by Gasteiger charge is 2.16. The smallest absolute Gasteiger partial charge is 0.251 e. The molecule has 134 valence electrons. The highest BCUT2D eigenvalue weighted by atomic mass is 16.5. The van der Waals surface area contributed by atoms with Crippen molar-refractivity contribution in [3.63, 3.8) is 0 Å². The van der Waals surface area contributed by atoms with E-state index in [0.29, 0.717) is 11.3 Å². The Balaban J connectivity index is 1.71. The van der Waals surface area contributed by atoms with Crippen molar-refractivity contribution >= 4 is 5.91 Å². The molecule has 1 atom stereocenters. The fourth-order valence-electron chi connectivity index (χ4n) is 2.80. The highest BCUT2D eigenvalue weighted by molar-refractivity contribution is 5.94. The lowest BCUT2D eigenvalue weighted by Gasteiger charge is -2.14. The van der Waals surface area contributed by atoms with E-state index in [1.54, 1.807) is 12.1 Å². The first kappa shape index (κ1) is 17.7. The number of para-hydroxylation sites is 1. The maximum Gasteiger partial charge on any atom is 0.251 e. The summed E-state index contributed by atoms with van der Waals surface area (Å²) in [6.07, 6.45) is 1.98. The minimum absolute atomic E-state index is 0.124. The van der Waals surface area contributed by atoms with Crippen LogP contribution in [0.1, 0.15) is 41.5 Å². The Kier molecular flexibility index (Phi) is 5.37. The van der Waals surface area contributed by atoms with Crippen molar-refractivity contribution in [3.8, 4) is 11.5 Å². The van der Waals surface area contributed by atoms with E-state index in [1.807, 2.05) is 74.1 Å². The first-order chi connectivity index (χ1) is 12.6. The summed E-state index contributed by atoms with van der Waals surface area (Å²) in [7, 11) is 0. The number of benzene rings is 2. The summed E-state index contributed by atoms with van der Waals surface area (Å²) in [6.45, 7) is 6.77. The molecular weight excluding hydrogens is 326 g/mol. The molecule has 0 aliphatic carbocycles. The molecule has 1 amide bonds. The van der Waals surface area contributed by atoms with E-state index in [1.165, 1.54) is 0 Å². The van der Waals surface area contributed by atoms with E-state index in [4.69, 9.17) is 4.74 Å². The molecule has 0 aliphatic heterocycles. The lowest BCUT2D eigenvalue weighted by atomic mass is 10.1. The molecule has 26 heavy (non-hydrogen) atoms. The summed E-state index contributed by atoms with van der Waals surface area (Å²) in [6, 6.07) is 16.6. The molecule has 0 saturated heterocycles. The second-order valence-corrected chi connectivity index (χ2v) is 6.16. The number of nitrogens with zero attached hydrogens (tertiary/aromatic N) is 2. The monoisotopic (exact) mass is 349 g/mol. The largest absolute Gasteiger partial charge is 0.457 e. The summed E-state index contributed by atoms with van der Waals surface area (Å²) in [5.74, 6) is 1.23. The summed E-state index contributed by atoms with van der Waals surface area (Å²) < 4.78 is 7.68. The minimum atomic E-state index is -0.139. The number of aryl methyl sites for hydroxylation is 2. The second-order valence-electron chi connectivity index (χ2n) is 6.16.